The maximum absolute atomic E-state index is 11.3. The van der Waals surface area contributed by atoms with Crippen molar-refractivity contribution in [3.8, 4) is 11.4 Å². The third-order valence-corrected chi connectivity index (χ3v) is 6.66. The van der Waals surface area contributed by atoms with Gasteiger partial charge in [0, 0.05) is 10.4 Å². The van der Waals surface area contributed by atoms with E-state index in [1.807, 2.05) is 24.3 Å². The Morgan fingerprint density at radius 2 is 1.97 bits per heavy atom. The molecule has 0 radical (unpaired) electrons. The highest BCUT2D eigenvalue weighted by Crippen LogP contribution is 2.32. The average molecular weight is 433 g/mol. The number of nitrogens with zero attached hydrogens (tertiary/aromatic N) is 7. The van der Waals surface area contributed by atoms with Crippen LogP contribution >= 0.6 is 11.3 Å². The molecule has 0 spiro atoms. The fourth-order valence-corrected chi connectivity index (χ4v) is 4.85. The van der Waals surface area contributed by atoms with E-state index in [1.165, 1.54) is 10.4 Å². The number of benzene rings is 1. The topological polar surface area (TPSA) is 104 Å². The van der Waals surface area contributed by atoms with Gasteiger partial charge in [-0.2, -0.15) is 5.10 Å². The first kappa shape index (κ1) is 19.3. The molecule has 4 heterocycles. The monoisotopic (exact) mass is 433 g/mol. The lowest BCUT2D eigenvalue weighted by molar-refractivity contribution is -0.386. The van der Waals surface area contributed by atoms with Crippen LogP contribution in [0.15, 0.2) is 30.6 Å². The van der Waals surface area contributed by atoms with E-state index in [2.05, 4.69) is 29.0 Å². The van der Waals surface area contributed by atoms with Crippen molar-refractivity contribution in [2.75, 3.05) is 0 Å². The van der Waals surface area contributed by atoms with Gasteiger partial charge in [0.15, 0.2) is 11.5 Å². The van der Waals surface area contributed by atoms with Gasteiger partial charge in [-0.05, 0) is 44.9 Å². The van der Waals surface area contributed by atoms with Crippen LogP contribution in [0, 0.1) is 37.8 Å². The van der Waals surface area contributed by atoms with Crippen molar-refractivity contribution >= 4 is 32.9 Å². The molecule has 1 aromatic carbocycles. The Hall–Kier alpha value is -3.66. The number of nitro groups is 1. The Morgan fingerprint density at radius 1 is 1.16 bits per heavy atom. The summed E-state index contributed by atoms with van der Waals surface area (Å²) >= 11 is 1.66. The van der Waals surface area contributed by atoms with E-state index in [0.29, 0.717) is 23.8 Å². The lowest BCUT2D eigenvalue weighted by Crippen LogP contribution is -2.04. The molecule has 0 aliphatic carbocycles. The quantitative estimate of drug-likeness (QED) is 0.307. The highest BCUT2D eigenvalue weighted by Gasteiger charge is 2.22. The van der Waals surface area contributed by atoms with Crippen LogP contribution in [0.2, 0.25) is 0 Å². The first-order valence-electron chi connectivity index (χ1n) is 9.72. The van der Waals surface area contributed by atoms with Crippen molar-refractivity contribution in [2.45, 2.75) is 34.2 Å². The maximum atomic E-state index is 11.3. The molecular formula is C21H19N7O2S. The van der Waals surface area contributed by atoms with Gasteiger partial charge < -0.3 is 0 Å². The molecule has 9 nitrogen and oxygen atoms in total. The fourth-order valence-electron chi connectivity index (χ4n) is 3.85. The summed E-state index contributed by atoms with van der Waals surface area (Å²) in [4.78, 5) is 22.4. The van der Waals surface area contributed by atoms with Gasteiger partial charge in [-0.1, -0.05) is 18.2 Å². The molecule has 4 aromatic heterocycles. The van der Waals surface area contributed by atoms with Crippen LogP contribution in [0.25, 0.3) is 27.3 Å². The molecule has 10 heteroatoms. The van der Waals surface area contributed by atoms with Gasteiger partial charge in [-0.25, -0.2) is 14.5 Å². The lowest BCUT2D eigenvalue weighted by atomic mass is 10.1. The summed E-state index contributed by atoms with van der Waals surface area (Å²) in [7, 11) is 0. The van der Waals surface area contributed by atoms with Gasteiger partial charge in [-0.3, -0.25) is 14.8 Å². The Kier molecular flexibility index (Phi) is 4.33. The molecule has 0 aliphatic rings. The number of hydrogen-bond donors (Lipinski definition) is 0. The molecule has 5 aromatic rings. The molecule has 0 aliphatic heterocycles. The first-order chi connectivity index (χ1) is 14.8. The second-order valence-electron chi connectivity index (χ2n) is 7.55. The van der Waals surface area contributed by atoms with Crippen LogP contribution < -0.4 is 0 Å². The molecule has 0 saturated heterocycles. The van der Waals surface area contributed by atoms with Crippen molar-refractivity contribution < 1.29 is 4.92 Å². The van der Waals surface area contributed by atoms with E-state index in [9.17, 15) is 10.1 Å². The number of thiophene rings is 1. The molecule has 0 fully saturated rings. The summed E-state index contributed by atoms with van der Waals surface area (Å²) < 4.78 is 3.38. The molecule has 156 valence electrons. The van der Waals surface area contributed by atoms with Crippen molar-refractivity contribution in [1.82, 2.24) is 29.4 Å². The van der Waals surface area contributed by atoms with Crippen molar-refractivity contribution in [1.29, 1.82) is 0 Å². The van der Waals surface area contributed by atoms with Crippen LogP contribution in [0.4, 0.5) is 5.69 Å². The summed E-state index contributed by atoms with van der Waals surface area (Å²) in [6.07, 6.45) is 1.70. The second kappa shape index (κ2) is 6.95. The van der Waals surface area contributed by atoms with Crippen molar-refractivity contribution in [3.05, 3.63) is 68.1 Å². The molecular weight excluding hydrogens is 414 g/mol. The minimum atomic E-state index is -0.381. The molecule has 0 N–H and O–H groups in total. The van der Waals surface area contributed by atoms with Gasteiger partial charge in [0.05, 0.1) is 16.9 Å². The van der Waals surface area contributed by atoms with E-state index < -0.39 is 0 Å². The zero-order chi connectivity index (χ0) is 21.9. The van der Waals surface area contributed by atoms with E-state index in [-0.39, 0.29) is 10.6 Å². The van der Waals surface area contributed by atoms with Gasteiger partial charge in [0.1, 0.15) is 22.5 Å². The summed E-state index contributed by atoms with van der Waals surface area (Å²) in [5, 5.41) is 21.3. The van der Waals surface area contributed by atoms with Crippen LogP contribution in [0.3, 0.4) is 0 Å². The number of rotatable bonds is 4. The van der Waals surface area contributed by atoms with E-state index >= 15 is 0 Å². The molecule has 0 unspecified atom stereocenters. The third kappa shape index (κ3) is 3.07. The standard InChI is InChI=1S/C21H19N7O2S/c1-11-14(4)31-21-17(11)20-23-19(25-27(20)10-22-21)16-7-5-6-15(8-16)9-26-13(3)18(28(29)30)12(2)24-26/h5-8,10H,9H2,1-4H3. The Bertz CT molecular complexity index is 1490. The predicted octanol–water partition coefficient (Wildman–Crippen LogP) is 4.39. The molecule has 0 atom stereocenters. The molecule has 0 amide bonds. The first-order valence-corrected chi connectivity index (χ1v) is 10.5. The van der Waals surface area contributed by atoms with Gasteiger partial charge in [-0.15, -0.1) is 16.4 Å². The lowest BCUT2D eigenvalue weighted by Gasteiger charge is -2.05. The zero-order valence-electron chi connectivity index (χ0n) is 17.4. The fraction of sp³-hybridized carbons (Fsp3) is 0.238. The van der Waals surface area contributed by atoms with Crippen molar-refractivity contribution in [3.63, 3.8) is 0 Å². The predicted molar refractivity (Wildman–Crippen MR) is 119 cm³/mol. The summed E-state index contributed by atoms with van der Waals surface area (Å²) in [5.74, 6) is 0.610. The molecule has 31 heavy (non-hydrogen) atoms. The normalized spacial score (nSPS) is 11.6. The Labute approximate surface area is 181 Å². The van der Waals surface area contributed by atoms with Crippen LogP contribution in [0.1, 0.15) is 27.4 Å². The Morgan fingerprint density at radius 3 is 2.71 bits per heavy atom. The number of aromatic nitrogens is 6. The largest absolute Gasteiger partial charge is 0.312 e. The average Bonchev–Trinajstić information content (AvgIpc) is 3.36. The maximum Gasteiger partial charge on any atom is 0.312 e. The SMILES string of the molecule is Cc1nn(Cc2cccc(-c3nc4c5c(C)c(C)sc5ncn4n3)c2)c(C)c1[N+](=O)[O-]. The Balaban J connectivity index is 1.55. The van der Waals surface area contributed by atoms with Gasteiger partial charge in [0.25, 0.3) is 0 Å². The minimum absolute atomic E-state index is 0.0658. The van der Waals surface area contributed by atoms with E-state index in [0.717, 1.165) is 27.0 Å². The zero-order valence-corrected chi connectivity index (χ0v) is 18.3. The highest BCUT2D eigenvalue weighted by atomic mass is 32.1. The van der Waals surface area contributed by atoms with Gasteiger partial charge >= 0.3 is 5.69 Å². The number of hydrogen-bond acceptors (Lipinski definition) is 7. The smallest absolute Gasteiger partial charge is 0.258 e. The van der Waals surface area contributed by atoms with Crippen LogP contribution in [-0.2, 0) is 6.54 Å². The molecule has 0 bridgehead atoms. The highest BCUT2D eigenvalue weighted by molar-refractivity contribution is 7.18. The minimum Gasteiger partial charge on any atom is -0.258 e. The summed E-state index contributed by atoms with van der Waals surface area (Å²) in [5.41, 5.74) is 4.82. The second-order valence-corrected chi connectivity index (χ2v) is 8.75. The van der Waals surface area contributed by atoms with E-state index in [1.54, 1.807) is 40.7 Å². The van der Waals surface area contributed by atoms with Gasteiger partial charge in [0.2, 0.25) is 0 Å². The van der Waals surface area contributed by atoms with Crippen LogP contribution in [-0.4, -0.2) is 34.3 Å². The van der Waals surface area contributed by atoms with E-state index in [4.69, 9.17) is 4.98 Å². The van der Waals surface area contributed by atoms with Crippen molar-refractivity contribution in [2.24, 2.45) is 0 Å². The number of fused-ring (bicyclic) bond motifs is 3. The summed E-state index contributed by atoms with van der Waals surface area (Å²) in [6.45, 7) is 7.97. The number of aryl methyl sites for hydroxylation is 3. The molecule has 0 saturated carbocycles. The summed E-state index contributed by atoms with van der Waals surface area (Å²) in [6, 6.07) is 7.85. The third-order valence-electron chi connectivity index (χ3n) is 5.55. The van der Waals surface area contributed by atoms with Crippen LogP contribution in [0.5, 0.6) is 0 Å². The molecule has 5 rings (SSSR count).